The van der Waals surface area contributed by atoms with Gasteiger partial charge in [-0.2, -0.15) is 0 Å². The van der Waals surface area contributed by atoms with Gasteiger partial charge in [-0.15, -0.1) is 5.10 Å². The largest absolute Gasteiger partial charge is 0.296 e. The van der Waals surface area contributed by atoms with Crippen molar-refractivity contribution in [2.24, 2.45) is 0 Å². The Balaban J connectivity index is 2.23. The van der Waals surface area contributed by atoms with Crippen LogP contribution in [0.25, 0.3) is 16.9 Å². The van der Waals surface area contributed by atoms with E-state index in [1.165, 1.54) is 0 Å². The van der Waals surface area contributed by atoms with Crippen LogP contribution >= 0.6 is 11.6 Å². The first kappa shape index (κ1) is 12.6. The molecule has 20 heavy (non-hydrogen) atoms. The van der Waals surface area contributed by atoms with Crippen LogP contribution in [0.4, 0.5) is 0 Å². The zero-order valence-electron chi connectivity index (χ0n) is 10.4. The van der Waals surface area contributed by atoms with Gasteiger partial charge in [0.1, 0.15) is 5.69 Å². The van der Waals surface area contributed by atoms with Crippen molar-refractivity contribution in [2.45, 2.75) is 0 Å². The van der Waals surface area contributed by atoms with Gasteiger partial charge in [0.15, 0.2) is 12.0 Å². The fraction of sp³-hybridized carbons (Fsp3) is 0. The Bertz CT molecular complexity index is 753. The maximum Gasteiger partial charge on any atom is 0.172 e. The van der Waals surface area contributed by atoms with Crippen LogP contribution in [0.5, 0.6) is 0 Å². The van der Waals surface area contributed by atoms with Crippen LogP contribution in [0.2, 0.25) is 5.02 Å². The molecule has 5 heteroatoms. The molecule has 4 nitrogen and oxygen atoms in total. The topological polar surface area (TPSA) is 47.8 Å². The van der Waals surface area contributed by atoms with E-state index in [2.05, 4.69) is 10.3 Å². The van der Waals surface area contributed by atoms with Crippen molar-refractivity contribution >= 4 is 17.9 Å². The van der Waals surface area contributed by atoms with Gasteiger partial charge in [0.2, 0.25) is 0 Å². The zero-order valence-corrected chi connectivity index (χ0v) is 11.2. The predicted molar refractivity (Wildman–Crippen MR) is 77.2 cm³/mol. The van der Waals surface area contributed by atoms with E-state index in [1.807, 2.05) is 42.5 Å². The third-order valence-electron chi connectivity index (χ3n) is 2.91. The van der Waals surface area contributed by atoms with Crippen molar-refractivity contribution in [3.05, 3.63) is 65.3 Å². The number of para-hydroxylation sites is 1. The SMILES string of the molecule is O=Cc1nnn(-c2ccccc2)c1-c1cccc(Cl)c1. The summed E-state index contributed by atoms with van der Waals surface area (Å²) in [4.78, 5) is 11.2. The summed E-state index contributed by atoms with van der Waals surface area (Å²) in [6.07, 6.45) is 0.697. The average Bonchev–Trinajstić information content (AvgIpc) is 2.92. The Morgan fingerprint density at radius 2 is 1.85 bits per heavy atom. The van der Waals surface area contributed by atoms with Gasteiger partial charge >= 0.3 is 0 Å². The highest BCUT2D eigenvalue weighted by molar-refractivity contribution is 6.30. The first-order chi connectivity index (χ1) is 9.79. The van der Waals surface area contributed by atoms with Crippen molar-refractivity contribution in [3.63, 3.8) is 0 Å². The first-order valence-electron chi connectivity index (χ1n) is 6.02. The molecule has 0 N–H and O–H groups in total. The van der Waals surface area contributed by atoms with Crippen LogP contribution < -0.4 is 0 Å². The molecule has 2 aromatic carbocycles. The van der Waals surface area contributed by atoms with E-state index in [9.17, 15) is 4.79 Å². The second-order valence-electron chi connectivity index (χ2n) is 4.20. The van der Waals surface area contributed by atoms with Gasteiger partial charge in [-0.25, -0.2) is 4.68 Å². The number of halogens is 1. The summed E-state index contributed by atoms with van der Waals surface area (Å²) in [6, 6.07) is 16.8. The smallest absolute Gasteiger partial charge is 0.172 e. The number of rotatable bonds is 3. The van der Waals surface area contributed by atoms with Gasteiger partial charge in [0.25, 0.3) is 0 Å². The number of benzene rings is 2. The van der Waals surface area contributed by atoms with Crippen LogP contribution in [-0.4, -0.2) is 21.3 Å². The van der Waals surface area contributed by atoms with Gasteiger partial charge in [-0.05, 0) is 24.3 Å². The lowest BCUT2D eigenvalue weighted by molar-refractivity contribution is 0.111. The molecule has 0 aliphatic heterocycles. The molecule has 0 saturated heterocycles. The second kappa shape index (κ2) is 5.27. The lowest BCUT2D eigenvalue weighted by Crippen LogP contribution is -1.99. The Hall–Kier alpha value is -2.46. The van der Waals surface area contributed by atoms with E-state index < -0.39 is 0 Å². The third-order valence-corrected chi connectivity index (χ3v) is 3.14. The molecule has 1 heterocycles. The quantitative estimate of drug-likeness (QED) is 0.692. The summed E-state index contributed by atoms with van der Waals surface area (Å²) in [5.74, 6) is 0. The van der Waals surface area contributed by atoms with E-state index in [0.717, 1.165) is 11.3 Å². The summed E-state index contributed by atoms with van der Waals surface area (Å²) in [6.45, 7) is 0. The summed E-state index contributed by atoms with van der Waals surface area (Å²) in [7, 11) is 0. The Kier molecular flexibility index (Phi) is 3.31. The van der Waals surface area contributed by atoms with Crippen LogP contribution in [0.15, 0.2) is 54.6 Å². The summed E-state index contributed by atoms with van der Waals surface area (Å²) >= 11 is 6.02. The van der Waals surface area contributed by atoms with Crippen molar-refractivity contribution in [3.8, 4) is 16.9 Å². The molecule has 0 aliphatic carbocycles. The van der Waals surface area contributed by atoms with Crippen molar-refractivity contribution < 1.29 is 4.79 Å². The average molecular weight is 284 g/mol. The predicted octanol–water partition coefficient (Wildman–Crippen LogP) is 3.40. The Labute approximate surface area is 120 Å². The lowest BCUT2D eigenvalue weighted by Gasteiger charge is -2.07. The minimum atomic E-state index is 0.288. The van der Waals surface area contributed by atoms with Crippen molar-refractivity contribution in [1.82, 2.24) is 15.0 Å². The van der Waals surface area contributed by atoms with Gasteiger partial charge in [-0.3, -0.25) is 4.79 Å². The van der Waals surface area contributed by atoms with Gasteiger partial charge in [0.05, 0.1) is 5.69 Å². The maximum atomic E-state index is 11.2. The molecule has 98 valence electrons. The second-order valence-corrected chi connectivity index (χ2v) is 4.64. The van der Waals surface area contributed by atoms with E-state index in [1.54, 1.807) is 16.8 Å². The molecule has 0 radical (unpaired) electrons. The molecule has 1 aromatic heterocycles. The standard InChI is InChI=1S/C15H10ClN3O/c16-12-6-4-5-11(9-12)15-14(10-20)17-18-19(15)13-7-2-1-3-8-13/h1-10H. The molecule has 0 atom stereocenters. The van der Waals surface area contributed by atoms with Crippen LogP contribution in [-0.2, 0) is 0 Å². The van der Waals surface area contributed by atoms with Crippen LogP contribution in [0.1, 0.15) is 10.5 Å². The Morgan fingerprint density at radius 3 is 2.55 bits per heavy atom. The number of carbonyl (C=O) groups excluding carboxylic acids is 1. The highest BCUT2D eigenvalue weighted by Crippen LogP contribution is 2.26. The van der Waals surface area contributed by atoms with Crippen LogP contribution in [0, 0.1) is 0 Å². The van der Waals surface area contributed by atoms with E-state index >= 15 is 0 Å². The molecule has 0 fully saturated rings. The third kappa shape index (κ3) is 2.21. The summed E-state index contributed by atoms with van der Waals surface area (Å²) < 4.78 is 1.63. The molecule has 3 aromatic rings. The molecular formula is C15H10ClN3O. The first-order valence-corrected chi connectivity index (χ1v) is 6.39. The number of aromatic nitrogens is 3. The molecular weight excluding hydrogens is 274 g/mol. The highest BCUT2D eigenvalue weighted by atomic mass is 35.5. The lowest BCUT2D eigenvalue weighted by atomic mass is 10.1. The normalized spacial score (nSPS) is 10.4. The number of hydrogen-bond acceptors (Lipinski definition) is 3. The molecule has 0 saturated carbocycles. The fourth-order valence-electron chi connectivity index (χ4n) is 2.03. The zero-order chi connectivity index (χ0) is 13.9. The maximum absolute atomic E-state index is 11.2. The Morgan fingerprint density at radius 1 is 1.05 bits per heavy atom. The van der Waals surface area contributed by atoms with Gasteiger partial charge < -0.3 is 0 Å². The van der Waals surface area contributed by atoms with Gasteiger partial charge in [0, 0.05) is 10.6 Å². The number of carbonyl (C=O) groups is 1. The van der Waals surface area contributed by atoms with Gasteiger partial charge in [-0.1, -0.05) is 47.1 Å². The van der Waals surface area contributed by atoms with Crippen molar-refractivity contribution in [2.75, 3.05) is 0 Å². The molecule has 0 amide bonds. The molecule has 0 unspecified atom stereocenters. The summed E-state index contributed by atoms with van der Waals surface area (Å²) in [5, 5.41) is 8.57. The molecule has 0 spiro atoms. The van der Waals surface area contributed by atoms with E-state index in [0.29, 0.717) is 17.0 Å². The minimum absolute atomic E-state index is 0.288. The molecule has 0 aliphatic rings. The van der Waals surface area contributed by atoms with E-state index in [4.69, 9.17) is 11.6 Å². The van der Waals surface area contributed by atoms with Crippen molar-refractivity contribution in [1.29, 1.82) is 0 Å². The summed E-state index contributed by atoms with van der Waals surface area (Å²) in [5.41, 5.74) is 2.56. The number of hydrogen-bond donors (Lipinski definition) is 0. The number of aldehydes is 1. The highest BCUT2D eigenvalue weighted by Gasteiger charge is 2.15. The fourth-order valence-corrected chi connectivity index (χ4v) is 2.22. The molecule has 0 bridgehead atoms. The van der Waals surface area contributed by atoms with Crippen LogP contribution in [0.3, 0.4) is 0 Å². The van der Waals surface area contributed by atoms with E-state index in [-0.39, 0.29) is 5.69 Å². The monoisotopic (exact) mass is 283 g/mol. The molecule has 3 rings (SSSR count). The minimum Gasteiger partial charge on any atom is -0.296 e. The number of nitrogens with zero attached hydrogens (tertiary/aromatic N) is 3.